The lowest BCUT2D eigenvalue weighted by Gasteiger charge is -2.19. The number of rotatable bonds is 2. The van der Waals surface area contributed by atoms with Crippen LogP contribution in [0.1, 0.15) is 10.4 Å². The number of para-hydroxylation sites is 1. The zero-order valence-corrected chi connectivity index (χ0v) is 13.3. The highest BCUT2D eigenvalue weighted by atomic mass is 32.1. The Morgan fingerprint density at radius 1 is 1.04 bits per heavy atom. The maximum Gasteiger partial charge on any atom is 0.269 e. The molecule has 0 bridgehead atoms. The van der Waals surface area contributed by atoms with Crippen LogP contribution in [0.4, 0.5) is 10.1 Å². The van der Waals surface area contributed by atoms with Gasteiger partial charge in [0, 0.05) is 5.56 Å². The number of nitrogens with one attached hydrogen (secondary N) is 3. The molecule has 0 spiro atoms. The molecule has 8 heteroatoms. The highest BCUT2D eigenvalue weighted by Crippen LogP contribution is 2.30. The number of halogens is 1. The quantitative estimate of drug-likeness (QED) is 0.572. The number of ether oxygens (including phenoxy) is 2. The zero-order chi connectivity index (χ0) is 16.9. The van der Waals surface area contributed by atoms with E-state index in [-0.39, 0.29) is 10.8 Å². The second kappa shape index (κ2) is 7.14. The van der Waals surface area contributed by atoms with Crippen molar-refractivity contribution in [2.24, 2.45) is 0 Å². The fraction of sp³-hybridized carbons (Fsp3) is 0.125. The predicted molar refractivity (Wildman–Crippen MR) is 90.7 cm³/mol. The average molecular weight is 347 g/mol. The molecule has 0 saturated heterocycles. The highest BCUT2D eigenvalue weighted by molar-refractivity contribution is 7.80. The highest BCUT2D eigenvalue weighted by Gasteiger charge is 2.15. The molecule has 0 aromatic heterocycles. The summed E-state index contributed by atoms with van der Waals surface area (Å²) in [5.41, 5.74) is 5.54. The van der Waals surface area contributed by atoms with Crippen molar-refractivity contribution in [1.82, 2.24) is 10.9 Å². The zero-order valence-electron chi connectivity index (χ0n) is 12.5. The van der Waals surface area contributed by atoms with E-state index in [1.54, 1.807) is 30.3 Å². The van der Waals surface area contributed by atoms with Gasteiger partial charge in [-0.1, -0.05) is 12.1 Å². The summed E-state index contributed by atoms with van der Waals surface area (Å²) in [4.78, 5) is 12.1. The molecule has 1 aliphatic heterocycles. The Morgan fingerprint density at radius 2 is 1.79 bits per heavy atom. The first kappa shape index (κ1) is 16.0. The van der Waals surface area contributed by atoms with E-state index in [1.807, 2.05) is 0 Å². The van der Waals surface area contributed by atoms with Gasteiger partial charge in [-0.05, 0) is 42.5 Å². The molecule has 1 amide bonds. The molecule has 1 aliphatic rings. The summed E-state index contributed by atoms with van der Waals surface area (Å²) in [5.74, 6) is 0.257. The Bertz CT molecular complexity index is 785. The Hall–Kier alpha value is -2.87. The van der Waals surface area contributed by atoms with Crippen LogP contribution in [-0.4, -0.2) is 24.2 Å². The molecular weight excluding hydrogens is 333 g/mol. The van der Waals surface area contributed by atoms with Gasteiger partial charge in [0.05, 0.1) is 5.69 Å². The molecule has 0 unspecified atom stereocenters. The van der Waals surface area contributed by atoms with Gasteiger partial charge in [-0.2, -0.15) is 0 Å². The van der Waals surface area contributed by atoms with E-state index >= 15 is 0 Å². The molecule has 124 valence electrons. The smallest absolute Gasteiger partial charge is 0.269 e. The van der Waals surface area contributed by atoms with E-state index in [9.17, 15) is 9.18 Å². The first-order valence-corrected chi connectivity index (χ1v) is 7.56. The molecule has 24 heavy (non-hydrogen) atoms. The largest absolute Gasteiger partial charge is 0.486 e. The van der Waals surface area contributed by atoms with Gasteiger partial charge in [-0.25, -0.2) is 4.39 Å². The molecule has 3 rings (SSSR count). The van der Waals surface area contributed by atoms with Crippen LogP contribution >= 0.6 is 12.2 Å². The lowest BCUT2D eigenvalue weighted by Crippen LogP contribution is -2.43. The number of carbonyl (C=O) groups excluding carboxylic acids is 1. The van der Waals surface area contributed by atoms with Crippen molar-refractivity contribution in [2.75, 3.05) is 18.5 Å². The molecule has 6 nitrogen and oxygen atoms in total. The van der Waals surface area contributed by atoms with E-state index in [0.717, 1.165) is 0 Å². The third-order valence-electron chi connectivity index (χ3n) is 3.22. The molecular formula is C16H14FN3O3S. The number of benzene rings is 2. The number of carbonyl (C=O) groups is 1. The Labute approximate surface area is 142 Å². The van der Waals surface area contributed by atoms with E-state index in [4.69, 9.17) is 21.7 Å². The summed E-state index contributed by atoms with van der Waals surface area (Å²) < 4.78 is 24.3. The van der Waals surface area contributed by atoms with E-state index in [1.165, 1.54) is 12.1 Å². The van der Waals surface area contributed by atoms with Crippen LogP contribution in [0.15, 0.2) is 42.5 Å². The van der Waals surface area contributed by atoms with Gasteiger partial charge in [0.25, 0.3) is 5.91 Å². The second-order valence-corrected chi connectivity index (χ2v) is 5.28. The van der Waals surface area contributed by atoms with Crippen LogP contribution in [0.2, 0.25) is 0 Å². The van der Waals surface area contributed by atoms with E-state index < -0.39 is 11.7 Å². The van der Waals surface area contributed by atoms with Gasteiger partial charge < -0.3 is 14.8 Å². The monoisotopic (exact) mass is 347 g/mol. The van der Waals surface area contributed by atoms with Crippen LogP contribution in [0.25, 0.3) is 0 Å². The third kappa shape index (κ3) is 3.72. The van der Waals surface area contributed by atoms with E-state index in [2.05, 4.69) is 16.2 Å². The Balaban J connectivity index is 1.57. The first-order chi connectivity index (χ1) is 11.6. The lowest BCUT2D eigenvalue weighted by atomic mass is 10.2. The molecule has 0 saturated carbocycles. The van der Waals surface area contributed by atoms with Crippen LogP contribution in [0.5, 0.6) is 11.5 Å². The number of anilines is 1. The van der Waals surface area contributed by atoms with Gasteiger partial charge in [0.2, 0.25) is 0 Å². The lowest BCUT2D eigenvalue weighted by molar-refractivity contribution is 0.0943. The molecule has 0 fully saturated rings. The summed E-state index contributed by atoms with van der Waals surface area (Å²) in [5, 5.41) is 2.71. The fourth-order valence-corrected chi connectivity index (χ4v) is 2.25. The third-order valence-corrected chi connectivity index (χ3v) is 3.42. The van der Waals surface area contributed by atoms with Crippen LogP contribution < -0.4 is 25.6 Å². The number of amides is 1. The minimum Gasteiger partial charge on any atom is -0.486 e. The van der Waals surface area contributed by atoms with Gasteiger partial charge >= 0.3 is 0 Å². The number of thiocarbonyl (C=S) groups is 1. The number of hydrazine groups is 1. The van der Waals surface area contributed by atoms with Crippen molar-refractivity contribution in [3.05, 3.63) is 53.8 Å². The fourth-order valence-electron chi connectivity index (χ4n) is 2.09. The second-order valence-electron chi connectivity index (χ2n) is 4.87. The molecule has 2 aromatic rings. The summed E-state index contributed by atoms with van der Waals surface area (Å²) in [6.45, 7) is 0.920. The summed E-state index contributed by atoms with van der Waals surface area (Å²) >= 11 is 5.01. The molecule has 0 aliphatic carbocycles. The summed E-state index contributed by atoms with van der Waals surface area (Å²) in [6.07, 6.45) is 0. The summed E-state index contributed by atoms with van der Waals surface area (Å²) in [7, 11) is 0. The molecule has 1 heterocycles. The van der Waals surface area contributed by atoms with Gasteiger partial charge in [-0.15, -0.1) is 0 Å². The van der Waals surface area contributed by atoms with Gasteiger partial charge in [0.15, 0.2) is 16.6 Å². The van der Waals surface area contributed by atoms with Crippen LogP contribution in [-0.2, 0) is 0 Å². The van der Waals surface area contributed by atoms with Crippen molar-refractivity contribution < 1.29 is 18.7 Å². The standard InChI is InChI=1S/C16H14FN3O3S/c17-11-3-1-2-4-12(11)18-16(24)20-19-15(21)10-5-6-13-14(9-10)23-8-7-22-13/h1-6,9H,7-8H2,(H,19,21)(H2,18,20,24). The number of hydrogen-bond donors (Lipinski definition) is 3. The Kier molecular flexibility index (Phi) is 4.76. The molecule has 3 N–H and O–H groups in total. The van der Waals surface area contributed by atoms with Crippen molar-refractivity contribution in [1.29, 1.82) is 0 Å². The minimum absolute atomic E-state index is 0.0611. The van der Waals surface area contributed by atoms with E-state index in [0.29, 0.717) is 30.3 Å². The predicted octanol–water partition coefficient (Wildman–Crippen LogP) is 2.23. The first-order valence-electron chi connectivity index (χ1n) is 7.15. The number of fused-ring (bicyclic) bond motifs is 1. The molecule has 0 atom stereocenters. The van der Waals surface area contributed by atoms with Crippen molar-refractivity contribution in [2.45, 2.75) is 0 Å². The van der Waals surface area contributed by atoms with Crippen LogP contribution in [0.3, 0.4) is 0 Å². The SMILES string of the molecule is O=C(NNC(=S)Nc1ccccc1F)c1ccc2c(c1)OCCO2. The maximum atomic E-state index is 13.5. The maximum absolute atomic E-state index is 13.5. The summed E-state index contributed by atoms with van der Waals surface area (Å²) in [6, 6.07) is 10.9. The normalized spacial score (nSPS) is 12.2. The average Bonchev–Trinajstić information content (AvgIpc) is 2.61. The van der Waals surface area contributed by atoms with Crippen molar-refractivity contribution in [3.63, 3.8) is 0 Å². The topological polar surface area (TPSA) is 71.6 Å². The van der Waals surface area contributed by atoms with Crippen molar-refractivity contribution >= 4 is 28.9 Å². The van der Waals surface area contributed by atoms with Crippen LogP contribution in [0, 0.1) is 5.82 Å². The molecule has 0 radical (unpaired) electrons. The molecule has 2 aromatic carbocycles. The van der Waals surface area contributed by atoms with Crippen molar-refractivity contribution in [3.8, 4) is 11.5 Å². The van der Waals surface area contributed by atoms with Gasteiger partial charge in [-0.3, -0.25) is 15.6 Å². The minimum atomic E-state index is -0.445. The number of hydrogen-bond acceptors (Lipinski definition) is 4. The Morgan fingerprint density at radius 3 is 2.58 bits per heavy atom. The van der Waals surface area contributed by atoms with Gasteiger partial charge in [0.1, 0.15) is 19.0 Å².